The van der Waals surface area contributed by atoms with Crippen LogP contribution in [0.25, 0.3) is 0 Å². The standard InChI is InChI=1S/C34H38O11/c1-37-33-26(36)30(28-24(41-33)19-40-32(44-28)22-15-9-4-10-16-22)45-34-25(35)29(38-17-20-11-5-2-6-12-20)27-23(42-34)18-39-31(43-27)21-13-7-3-8-14-21/h2-16,23-36H,17-19H2,1H3/t23-,24-,25-,26-,27-,28-,29-,30-,31?,32?,33+,34-/m1/s1. The molecule has 4 saturated heterocycles. The number of aliphatic hydroxyl groups is 2. The van der Waals surface area contributed by atoms with Gasteiger partial charge < -0.3 is 52.8 Å². The first-order valence-electron chi connectivity index (χ1n) is 15.2. The van der Waals surface area contributed by atoms with Gasteiger partial charge in [-0.2, -0.15) is 0 Å². The van der Waals surface area contributed by atoms with E-state index in [0.717, 1.165) is 16.7 Å². The van der Waals surface area contributed by atoms with Crippen molar-refractivity contribution < 1.29 is 52.8 Å². The first-order chi connectivity index (χ1) is 22.1. The second-order valence-electron chi connectivity index (χ2n) is 11.5. The van der Waals surface area contributed by atoms with Gasteiger partial charge in [0.25, 0.3) is 0 Å². The molecule has 45 heavy (non-hydrogen) atoms. The van der Waals surface area contributed by atoms with Crippen molar-refractivity contribution in [3.63, 3.8) is 0 Å². The maximum Gasteiger partial charge on any atom is 0.187 e. The van der Waals surface area contributed by atoms with Gasteiger partial charge in [-0.05, 0) is 5.56 Å². The predicted molar refractivity (Wildman–Crippen MR) is 156 cm³/mol. The van der Waals surface area contributed by atoms with E-state index in [4.69, 9.17) is 42.6 Å². The van der Waals surface area contributed by atoms with Crippen molar-refractivity contribution in [3.05, 3.63) is 108 Å². The average molecular weight is 623 g/mol. The lowest BCUT2D eigenvalue weighted by atomic mass is 9.95. The minimum atomic E-state index is -1.29. The van der Waals surface area contributed by atoms with Crippen LogP contribution < -0.4 is 0 Å². The molecule has 4 fully saturated rings. The number of methoxy groups -OCH3 is 1. The summed E-state index contributed by atoms with van der Waals surface area (Å²) in [5.41, 5.74) is 2.59. The summed E-state index contributed by atoms with van der Waals surface area (Å²) in [7, 11) is 1.44. The van der Waals surface area contributed by atoms with Gasteiger partial charge >= 0.3 is 0 Å². The van der Waals surface area contributed by atoms with Crippen LogP contribution in [-0.2, 0) is 49.2 Å². The minimum Gasteiger partial charge on any atom is -0.385 e. The summed E-state index contributed by atoms with van der Waals surface area (Å²) < 4.78 is 55.2. The Morgan fingerprint density at radius 2 is 1.11 bits per heavy atom. The quantitative estimate of drug-likeness (QED) is 0.386. The topological polar surface area (TPSA) is 124 Å². The highest BCUT2D eigenvalue weighted by Crippen LogP contribution is 2.40. The third kappa shape index (κ3) is 6.57. The Balaban J connectivity index is 1.13. The van der Waals surface area contributed by atoms with E-state index in [2.05, 4.69) is 0 Å². The second-order valence-corrected chi connectivity index (χ2v) is 11.5. The van der Waals surface area contributed by atoms with Crippen molar-refractivity contribution in [3.8, 4) is 0 Å². The SMILES string of the molecule is CO[C@H]1O[C@@H]2COC(c3ccccc3)O[C@H]2[C@H](O[C@H]2O[C@@H]3COC(c4ccccc4)O[C@H]3[C@H](OCc3ccccc3)[C@H]2O)[C@H]1O. The number of aliphatic hydroxyl groups excluding tert-OH is 2. The fourth-order valence-electron chi connectivity index (χ4n) is 6.26. The summed E-state index contributed by atoms with van der Waals surface area (Å²) in [4.78, 5) is 0. The minimum absolute atomic E-state index is 0.172. The lowest BCUT2D eigenvalue weighted by Gasteiger charge is -2.51. The molecule has 0 spiro atoms. The van der Waals surface area contributed by atoms with E-state index in [9.17, 15) is 10.2 Å². The predicted octanol–water partition coefficient (Wildman–Crippen LogP) is 3.00. The van der Waals surface area contributed by atoms with Gasteiger partial charge in [-0.25, -0.2) is 0 Å². The molecule has 12 atom stereocenters. The van der Waals surface area contributed by atoms with Gasteiger partial charge in [-0.15, -0.1) is 0 Å². The van der Waals surface area contributed by atoms with Crippen LogP contribution in [0.15, 0.2) is 91.0 Å². The molecule has 4 heterocycles. The number of hydrogen-bond acceptors (Lipinski definition) is 11. The third-order valence-electron chi connectivity index (χ3n) is 8.57. The molecule has 0 radical (unpaired) electrons. The number of benzene rings is 3. The van der Waals surface area contributed by atoms with Gasteiger partial charge in [-0.3, -0.25) is 0 Å². The molecule has 11 nitrogen and oxygen atoms in total. The van der Waals surface area contributed by atoms with Crippen LogP contribution in [-0.4, -0.2) is 91.9 Å². The van der Waals surface area contributed by atoms with Gasteiger partial charge in [-0.1, -0.05) is 91.0 Å². The van der Waals surface area contributed by atoms with Gasteiger partial charge in [0, 0.05) is 18.2 Å². The summed E-state index contributed by atoms with van der Waals surface area (Å²) in [5.74, 6) is 0. The fourth-order valence-corrected chi connectivity index (χ4v) is 6.26. The summed E-state index contributed by atoms with van der Waals surface area (Å²) >= 11 is 0. The van der Waals surface area contributed by atoms with Crippen molar-refractivity contribution in [2.45, 2.75) is 80.6 Å². The van der Waals surface area contributed by atoms with Crippen LogP contribution in [0, 0.1) is 0 Å². The molecular weight excluding hydrogens is 584 g/mol. The van der Waals surface area contributed by atoms with Crippen LogP contribution in [0.1, 0.15) is 29.3 Å². The molecule has 3 aromatic carbocycles. The molecule has 0 amide bonds. The zero-order chi connectivity index (χ0) is 30.8. The van der Waals surface area contributed by atoms with E-state index in [1.165, 1.54) is 7.11 Å². The molecule has 240 valence electrons. The summed E-state index contributed by atoms with van der Waals surface area (Å²) in [6.45, 7) is 0.584. The van der Waals surface area contributed by atoms with Crippen molar-refractivity contribution in [2.24, 2.45) is 0 Å². The molecule has 0 aliphatic carbocycles. The van der Waals surface area contributed by atoms with Crippen LogP contribution >= 0.6 is 0 Å². The summed E-state index contributed by atoms with van der Waals surface area (Å²) in [6.07, 6.45) is -10.6. The summed E-state index contributed by atoms with van der Waals surface area (Å²) in [6, 6.07) is 28.7. The summed E-state index contributed by atoms with van der Waals surface area (Å²) in [5, 5.41) is 23.1. The van der Waals surface area contributed by atoms with E-state index in [1.54, 1.807) is 0 Å². The average Bonchev–Trinajstić information content (AvgIpc) is 3.10. The normalized spacial score (nSPS) is 38.2. The van der Waals surface area contributed by atoms with Crippen molar-refractivity contribution in [1.29, 1.82) is 0 Å². The van der Waals surface area contributed by atoms with E-state index < -0.39 is 74.0 Å². The van der Waals surface area contributed by atoms with Gasteiger partial charge in [0.1, 0.15) is 48.8 Å². The Morgan fingerprint density at radius 1 is 0.622 bits per heavy atom. The molecule has 2 N–H and O–H groups in total. The molecule has 2 unspecified atom stereocenters. The molecule has 4 aliphatic rings. The van der Waals surface area contributed by atoms with Crippen LogP contribution in [0.2, 0.25) is 0 Å². The Bertz CT molecular complexity index is 1350. The van der Waals surface area contributed by atoms with Gasteiger partial charge in [0.15, 0.2) is 25.2 Å². The van der Waals surface area contributed by atoms with Crippen molar-refractivity contribution in [2.75, 3.05) is 20.3 Å². The van der Waals surface area contributed by atoms with E-state index >= 15 is 0 Å². The van der Waals surface area contributed by atoms with Crippen molar-refractivity contribution in [1.82, 2.24) is 0 Å². The zero-order valence-corrected chi connectivity index (χ0v) is 24.8. The van der Waals surface area contributed by atoms with Crippen LogP contribution in [0.4, 0.5) is 0 Å². The smallest absolute Gasteiger partial charge is 0.187 e. The van der Waals surface area contributed by atoms with Gasteiger partial charge in [0.05, 0.1) is 19.8 Å². The molecule has 0 saturated carbocycles. The lowest BCUT2D eigenvalue weighted by Crippen LogP contribution is -2.67. The van der Waals surface area contributed by atoms with Crippen LogP contribution in [0.5, 0.6) is 0 Å². The largest absolute Gasteiger partial charge is 0.385 e. The monoisotopic (exact) mass is 622 g/mol. The Labute approximate surface area is 261 Å². The Hall–Kier alpha value is -2.78. The maximum absolute atomic E-state index is 11.8. The van der Waals surface area contributed by atoms with E-state index in [1.807, 2.05) is 91.0 Å². The molecule has 0 bridgehead atoms. The lowest BCUT2D eigenvalue weighted by molar-refractivity contribution is -0.405. The molecule has 11 heteroatoms. The number of hydrogen-bond donors (Lipinski definition) is 2. The molecular formula is C34H38O11. The third-order valence-corrected chi connectivity index (χ3v) is 8.57. The Morgan fingerprint density at radius 3 is 1.67 bits per heavy atom. The number of rotatable bonds is 8. The van der Waals surface area contributed by atoms with Gasteiger partial charge in [0.2, 0.25) is 0 Å². The highest BCUT2D eigenvalue weighted by molar-refractivity contribution is 5.18. The maximum atomic E-state index is 11.8. The molecule has 0 aromatic heterocycles. The van der Waals surface area contributed by atoms with E-state index in [-0.39, 0.29) is 19.8 Å². The molecule has 7 rings (SSSR count). The second kappa shape index (κ2) is 13.9. The highest BCUT2D eigenvalue weighted by atomic mass is 16.8. The van der Waals surface area contributed by atoms with Crippen LogP contribution in [0.3, 0.4) is 0 Å². The first kappa shape index (κ1) is 30.9. The van der Waals surface area contributed by atoms with E-state index in [0.29, 0.717) is 0 Å². The Kier molecular flexibility index (Phi) is 9.54. The molecule has 4 aliphatic heterocycles. The number of fused-ring (bicyclic) bond motifs is 2. The fraction of sp³-hybridized carbons (Fsp3) is 0.471. The zero-order valence-electron chi connectivity index (χ0n) is 24.8. The highest BCUT2D eigenvalue weighted by Gasteiger charge is 2.55. The molecule has 3 aromatic rings. The first-order valence-corrected chi connectivity index (χ1v) is 15.2. The van der Waals surface area contributed by atoms with Crippen molar-refractivity contribution >= 4 is 0 Å². The number of ether oxygens (including phenoxy) is 9.